The Bertz CT molecular complexity index is 709. The number of unbranched alkanes of at least 4 members (excludes halogenated alkanes) is 1. The number of carbonyl (C=O) groups is 2. The second kappa shape index (κ2) is 8.34. The molecule has 0 saturated carbocycles. The van der Waals surface area contributed by atoms with Crippen molar-refractivity contribution in [3.63, 3.8) is 0 Å². The van der Waals surface area contributed by atoms with Gasteiger partial charge in [-0.05, 0) is 48.7 Å². The fraction of sp³-hybridized carbons (Fsp3) is 0.263. The lowest BCUT2D eigenvalue weighted by molar-refractivity contribution is -0.0498. The average molecular weight is 332 g/mol. The van der Waals surface area contributed by atoms with Crippen molar-refractivity contribution in [1.29, 1.82) is 0 Å². The Kier molecular flexibility index (Phi) is 6.18. The predicted octanol–water partition coefficient (Wildman–Crippen LogP) is 4.70. The summed E-state index contributed by atoms with van der Waals surface area (Å²) < 4.78 is 28.4. The molecule has 2 rings (SSSR count). The number of benzene rings is 2. The van der Waals surface area contributed by atoms with Crippen LogP contribution in [-0.4, -0.2) is 18.2 Å². The summed E-state index contributed by atoms with van der Waals surface area (Å²) in [5.74, 6) is -1.35. The molecule has 0 spiro atoms. The number of hydrogen-bond donors (Lipinski definition) is 0. The van der Waals surface area contributed by atoms with Gasteiger partial charge in [-0.3, -0.25) is 9.59 Å². The Labute approximate surface area is 139 Å². The summed E-state index contributed by atoms with van der Waals surface area (Å²) in [4.78, 5) is 24.6. The minimum absolute atomic E-state index is 0.0597. The van der Waals surface area contributed by atoms with Gasteiger partial charge in [0.25, 0.3) is 0 Å². The second-order valence-electron chi connectivity index (χ2n) is 5.37. The molecule has 5 heteroatoms. The minimum atomic E-state index is -2.93. The van der Waals surface area contributed by atoms with Gasteiger partial charge in [0.05, 0.1) is 0 Å². The van der Waals surface area contributed by atoms with E-state index in [4.69, 9.17) is 0 Å². The van der Waals surface area contributed by atoms with E-state index in [1.54, 1.807) is 18.2 Å². The van der Waals surface area contributed by atoms with Crippen molar-refractivity contribution in [2.24, 2.45) is 0 Å². The van der Waals surface area contributed by atoms with Crippen LogP contribution in [0.1, 0.15) is 46.0 Å². The summed E-state index contributed by atoms with van der Waals surface area (Å²) in [6.45, 7) is -0.848. The van der Waals surface area contributed by atoms with E-state index in [9.17, 15) is 18.4 Å². The molecule has 0 N–H and O–H groups in total. The highest BCUT2D eigenvalue weighted by Crippen LogP contribution is 2.17. The summed E-state index contributed by atoms with van der Waals surface area (Å²) in [5.41, 5.74) is 1.48. The maximum absolute atomic E-state index is 12.3. The fourth-order valence-corrected chi connectivity index (χ4v) is 2.30. The van der Waals surface area contributed by atoms with E-state index in [1.165, 1.54) is 24.3 Å². The van der Waals surface area contributed by atoms with Crippen LogP contribution in [0.4, 0.5) is 8.78 Å². The molecule has 0 amide bonds. The topological polar surface area (TPSA) is 43.4 Å². The molecule has 126 valence electrons. The van der Waals surface area contributed by atoms with E-state index < -0.39 is 18.2 Å². The van der Waals surface area contributed by atoms with Crippen LogP contribution in [0, 0.1) is 0 Å². The Morgan fingerprint density at radius 3 is 2.29 bits per heavy atom. The molecule has 24 heavy (non-hydrogen) atoms. The van der Waals surface area contributed by atoms with Crippen LogP contribution in [-0.2, 0) is 6.42 Å². The molecule has 0 aliphatic carbocycles. The lowest BCUT2D eigenvalue weighted by Gasteiger charge is -2.06. The number of Topliss-reactive ketones (excluding diaryl/α,β-unsaturated/α-hetero) is 2. The van der Waals surface area contributed by atoms with Gasteiger partial charge in [0.1, 0.15) is 5.75 Å². The number of hydrogen-bond acceptors (Lipinski definition) is 3. The molecule has 2 aromatic rings. The molecule has 0 fully saturated rings. The molecule has 0 heterocycles. The summed E-state index contributed by atoms with van der Waals surface area (Å²) in [6, 6.07) is 12.1. The first kappa shape index (κ1) is 17.8. The zero-order valence-corrected chi connectivity index (χ0v) is 13.3. The minimum Gasteiger partial charge on any atom is -0.435 e. The Hall–Kier alpha value is -2.56. The van der Waals surface area contributed by atoms with Gasteiger partial charge in [-0.25, -0.2) is 0 Å². The van der Waals surface area contributed by atoms with E-state index in [-0.39, 0.29) is 11.3 Å². The van der Waals surface area contributed by atoms with Gasteiger partial charge in [0.2, 0.25) is 11.6 Å². The van der Waals surface area contributed by atoms with Crippen molar-refractivity contribution >= 4 is 11.6 Å². The summed E-state index contributed by atoms with van der Waals surface area (Å²) in [5, 5.41) is 0. The Morgan fingerprint density at radius 2 is 1.67 bits per heavy atom. The molecule has 2 aromatic carbocycles. The van der Waals surface area contributed by atoms with Crippen molar-refractivity contribution in [2.75, 3.05) is 0 Å². The quantitative estimate of drug-likeness (QED) is 0.520. The molecule has 0 aromatic heterocycles. The van der Waals surface area contributed by atoms with Crippen molar-refractivity contribution in [1.82, 2.24) is 0 Å². The zero-order valence-electron chi connectivity index (χ0n) is 13.3. The third kappa shape index (κ3) is 4.72. The van der Waals surface area contributed by atoms with Crippen molar-refractivity contribution in [3.05, 3.63) is 65.2 Å². The van der Waals surface area contributed by atoms with Crippen molar-refractivity contribution < 1.29 is 23.1 Å². The molecule has 0 saturated heterocycles. The van der Waals surface area contributed by atoms with E-state index in [1.807, 2.05) is 6.07 Å². The smallest absolute Gasteiger partial charge is 0.387 e. The number of carbonyl (C=O) groups excluding carboxylic acids is 2. The first-order chi connectivity index (χ1) is 11.5. The molecule has 0 atom stereocenters. The van der Waals surface area contributed by atoms with Crippen molar-refractivity contribution in [2.45, 2.75) is 32.8 Å². The average Bonchev–Trinajstić information content (AvgIpc) is 2.59. The van der Waals surface area contributed by atoms with Crippen LogP contribution in [0.25, 0.3) is 0 Å². The zero-order chi connectivity index (χ0) is 17.5. The standard InChI is InChI=1S/C19H18F2O3/c1-2-3-5-13-6-4-7-15(12-13)18(23)17(22)14-8-10-16(11-9-14)24-19(20)21/h4,6-12,19H,2-3,5H2,1H3. The summed E-state index contributed by atoms with van der Waals surface area (Å²) >= 11 is 0. The molecular formula is C19H18F2O3. The fourth-order valence-electron chi connectivity index (χ4n) is 2.30. The first-order valence-corrected chi connectivity index (χ1v) is 7.74. The highest BCUT2D eigenvalue weighted by Gasteiger charge is 2.18. The molecule has 0 aliphatic rings. The number of ketones is 2. The second-order valence-corrected chi connectivity index (χ2v) is 5.37. The van der Waals surface area contributed by atoms with E-state index in [2.05, 4.69) is 11.7 Å². The van der Waals surface area contributed by atoms with Crippen LogP contribution >= 0.6 is 0 Å². The molecular weight excluding hydrogens is 314 g/mol. The highest BCUT2D eigenvalue weighted by molar-refractivity contribution is 6.49. The molecule has 0 unspecified atom stereocenters. The summed E-state index contributed by atoms with van der Waals surface area (Å²) in [6.07, 6.45) is 2.91. The van der Waals surface area contributed by atoms with Crippen LogP contribution in [0.5, 0.6) is 5.75 Å². The van der Waals surface area contributed by atoms with Gasteiger partial charge in [0, 0.05) is 11.1 Å². The third-order valence-corrected chi connectivity index (χ3v) is 3.56. The van der Waals surface area contributed by atoms with Gasteiger partial charge >= 0.3 is 6.61 Å². The number of ether oxygens (including phenoxy) is 1. The molecule has 0 radical (unpaired) electrons. The number of rotatable bonds is 8. The molecule has 0 aliphatic heterocycles. The van der Waals surface area contributed by atoms with Crippen molar-refractivity contribution in [3.8, 4) is 5.75 Å². The van der Waals surface area contributed by atoms with E-state index in [0.29, 0.717) is 5.56 Å². The lowest BCUT2D eigenvalue weighted by Crippen LogP contribution is -2.14. The van der Waals surface area contributed by atoms with Crippen LogP contribution in [0.2, 0.25) is 0 Å². The number of aryl methyl sites for hydroxylation is 1. The van der Waals surface area contributed by atoms with Crippen LogP contribution in [0.15, 0.2) is 48.5 Å². The van der Waals surface area contributed by atoms with Gasteiger partial charge in [-0.1, -0.05) is 31.5 Å². The number of halogens is 2. The van der Waals surface area contributed by atoms with Crippen LogP contribution < -0.4 is 4.74 Å². The van der Waals surface area contributed by atoms with E-state index in [0.717, 1.165) is 24.8 Å². The predicted molar refractivity (Wildman–Crippen MR) is 86.8 cm³/mol. The molecule has 0 bridgehead atoms. The normalized spacial score (nSPS) is 10.7. The largest absolute Gasteiger partial charge is 0.435 e. The highest BCUT2D eigenvalue weighted by atomic mass is 19.3. The van der Waals surface area contributed by atoms with Gasteiger partial charge in [-0.2, -0.15) is 8.78 Å². The SMILES string of the molecule is CCCCc1cccc(C(=O)C(=O)c2ccc(OC(F)F)cc2)c1. The van der Waals surface area contributed by atoms with Gasteiger partial charge in [-0.15, -0.1) is 0 Å². The maximum Gasteiger partial charge on any atom is 0.387 e. The first-order valence-electron chi connectivity index (χ1n) is 7.74. The monoisotopic (exact) mass is 332 g/mol. The Morgan fingerprint density at radius 1 is 1.00 bits per heavy atom. The van der Waals surface area contributed by atoms with Gasteiger partial charge < -0.3 is 4.74 Å². The molecule has 3 nitrogen and oxygen atoms in total. The van der Waals surface area contributed by atoms with Gasteiger partial charge in [0.15, 0.2) is 0 Å². The third-order valence-electron chi connectivity index (χ3n) is 3.56. The lowest BCUT2D eigenvalue weighted by atomic mass is 9.98. The maximum atomic E-state index is 12.3. The van der Waals surface area contributed by atoms with E-state index >= 15 is 0 Å². The van der Waals surface area contributed by atoms with Crippen LogP contribution in [0.3, 0.4) is 0 Å². The summed E-state index contributed by atoms with van der Waals surface area (Å²) in [7, 11) is 0. The Balaban J connectivity index is 2.13. The number of alkyl halides is 2.